The molecule has 0 aliphatic heterocycles. The smallest absolute Gasteiger partial charge is 0.308 e. The van der Waals surface area contributed by atoms with Crippen LogP contribution in [0.3, 0.4) is 0 Å². The van der Waals surface area contributed by atoms with E-state index in [-0.39, 0.29) is 27.9 Å². The van der Waals surface area contributed by atoms with Crippen LogP contribution in [0.4, 0.5) is 0 Å². The van der Waals surface area contributed by atoms with Crippen molar-refractivity contribution in [3.8, 4) is 11.5 Å². The lowest BCUT2D eigenvalue weighted by molar-refractivity contribution is -0.132. The van der Waals surface area contributed by atoms with Gasteiger partial charge in [0.1, 0.15) is 28.1 Å². The van der Waals surface area contributed by atoms with Crippen molar-refractivity contribution in [2.24, 2.45) is 0 Å². The molecule has 0 spiro atoms. The summed E-state index contributed by atoms with van der Waals surface area (Å²) >= 11 is 0. The second-order valence-corrected chi connectivity index (χ2v) is 5.36. The molecular formula is C18H14O6. The van der Waals surface area contributed by atoms with E-state index in [4.69, 9.17) is 13.9 Å². The summed E-state index contributed by atoms with van der Waals surface area (Å²) in [6.45, 7) is 4.29. The van der Waals surface area contributed by atoms with Gasteiger partial charge in [0.2, 0.25) is 5.43 Å². The number of carbonyl (C=O) groups excluding carboxylic acids is 2. The standard InChI is InChI=1S/C18H14O6/c1-9-5-4-6-13-17(21)16-14(23-11(3)20)7-12(22-10(2)19)8-15(16)24-18(9)13/h4-8H,1-3H3. The fourth-order valence-corrected chi connectivity index (χ4v) is 2.54. The van der Waals surface area contributed by atoms with Gasteiger partial charge in [-0.05, 0) is 18.6 Å². The molecular weight excluding hydrogens is 312 g/mol. The highest BCUT2D eigenvalue weighted by atomic mass is 16.5. The highest BCUT2D eigenvalue weighted by Crippen LogP contribution is 2.32. The fraction of sp³-hybridized carbons (Fsp3) is 0.167. The third-order valence-electron chi connectivity index (χ3n) is 3.45. The first-order chi connectivity index (χ1) is 11.4. The minimum atomic E-state index is -0.597. The Labute approximate surface area is 136 Å². The van der Waals surface area contributed by atoms with E-state index in [1.54, 1.807) is 12.1 Å². The number of para-hydroxylation sites is 1. The van der Waals surface area contributed by atoms with Crippen molar-refractivity contribution in [2.45, 2.75) is 20.8 Å². The highest BCUT2D eigenvalue weighted by molar-refractivity contribution is 5.96. The molecule has 0 fully saturated rings. The van der Waals surface area contributed by atoms with Crippen LogP contribution in [-0.2, 0) is 9.59 Å². The van der Waals surface area contributed by atoms with Gasteiger partial charge >= 0.3 is 11.9 Å². The normalized spacial score (nSPS) is 10.8. The lowest BCUT2D eigenvalue weighted by atomic mass is 10.1. The maximum Gasteiger partial charge on any atom is 0.308 e. The first-order valence-corrected chi connectivity index (χ1v) is 7.24. The SMILES string of the molecule is CC(=O)Oc1cc(OC(C)=O)c2c(=O)c3cccc(C)c3oc2c1. The van der Waals surface area contributed by atoms with Gasteiger partial charge in [-0.1, -0.05) is 12.1 Å². The third kappa shape index (κ3) is 2.74. The van der Waals surface area contributed by atoms with Crippen molar-refractivity contribution >= 4 is 33.9 Å². The van der Waals surface area contributed by atoms with Crippen LogP contribution in [0.1, 0.15) is 19.4 Å². The van der Waals surface area contributed by atoms with E-state index in [9.17, 15) is 14.4 Å². The summed E-state index contributed by atoms with van der Waals surface area (Å²) < 4.78 is 16.0. The number of aryl methyl sites for hydroxylation is 1. The van der Waals surface area contributed by atoms with E-state index in [1.165, 1.54) is 26.0 Å². The van der Waals surface area contributed by atoms with Crippen molar-refractivity contribution in [1.29, 1.82) is 0 Å². The Bertz CT molecular complexity index is 1040. The molecule has 0 saturated heterocycles. The molecule has 122 valence electrons. The minimum Gasteiger partial charge on any atom is -0.455 e. The van der Waals surface area contributed by atoms with E-state index < -0.39 is 11.9 Å². The van der Waals surface area contributed by atoms with E-state index in [2.05, 4.69) is 0 Å². The molecule has 6 nitrogen and oxygen atoms in total. The topological polar surface area (TPSA) is 82.8 Å². The van der Waals surface area contributed by atoms with Gasteiger partial charge in [-0.15, -0.1) is 0 Å². The van der Waals surface area contributed by atoms with Crippen LogP contribution in [0.25, 0.3) is 21.9 Å². The van der Waals surface area contributed by atoms with E-state index in [1.807, 2.05) is 13.0 Å². The van der Waals surface area contributed by atoms with Crippen LogP contribution in [-0.4, -0.2) is 11.9 Å². The van der Waals surface area contributed by atoms with Gasteiger partial charge < -0.3 is 13.9 Å². The number of rotatable bonds is 2. The molecule has 3 aromatic rings. The second kappa shape index (κ2) is 5.81. The van der Waals surface area contributed by atoms with Gasteiger partial charge in [0.05, 0.1) is 5.39 Å². The summed E-state index contributed by atoms with van der Waals surface area (Å²) in [5, 5.41) is 0.510. The Morgan fingerprint density at radius 3 is 2.42 bits per heavy atom. The molecule has 0 aliphatic carbocycles. The number of benzene rings is 2. The predicted molar refractivity (Wildman–Crippen MR) is 87.3 cm³/mol. The number of esters is 2. The van der Waals surface area contributed by atoms with Crippen molar-refractivity contribution in [1.82, 2.24) is 0 Å². The lowest BCUT2D eigenvalue weighted by Crippen LogP contribution is -2.09. The van der Waals surface area contributed by atoms with Gasteiger partial charge in [0, 0.05) is 26.0 Å². The molecule has 2 aromatic carbocycles. The fourth-order valence-electron chi connectivity index (χ4n) is 2.54. The third-order valence-corrected chi connectivity index (χ3v) is 3.45. The monoisotopic (exact) mass is 326 g/mol. The van der Waals surface area contributed by atoms with E-state index in [0.29, 0.717) is 11.0 Å². The molecule has 0 bridgehead atoms. The molecule has 1 heterocycles. The summed E-state index contributed by atoms with van der Waals surface area (Å²) in [5.74, 6) is -1.02. The number of ether oxygens (including phenoxy) is 2. The highest BCUT2D eigenvalue weighted by Gasteiger charge is 2.17. The molecule has 0 radical (unpaired) electrons. The van der Waals surface area contributed by atoms with Gasteiger partial charge in [-0.25, -0.2) is 0 Å². The molecule has 3 rings (SSSR count). The Balaban J connectivity index is 2.42. The Hall–Kier alpha value is -3.15. The van der Waals surface area contributed by atoms with Gasteiger partial charge in [0.25, 0.3) is 0 Å². The predicted octanol–water partition coefficient (Wildman–Crippen LogP) is 3.11. The largest absolute Gasteiger partial charge is 0.455 e. The van der Waals surface area contributed by atoms with Crippen LogP contribution in [0.2, 0.25) is 0 Å². The summed E-state index contributed by atoms with van der Waals surface area (Å²) in [4.78, 5) is 35.4. The molecule has 0 saturated carbocycles. The molecule has 1 aromatic heterocycles. The molecule has 0 unspecified atom stereocenters. The molecule has 24 heavy (non-hydrogen) atoms. The van der Waals surface area contributed by atoms with Crippen molar-refractivity contribution in [2.75, 3.05) is 0 Å². The van der Waals surface area contributed by atoms with E-state index >= 15 is 0 Å². The quantitative estimate of drug-likeness (QED) is 0.409. The van der Waals surface area contributed by atoms with Crippen molar-refractivity contribution in [3.05, 3.63) is 46.1 Å². The van der Waals surface area contributed by atoms with Gasteiger partial charge in [-0.2, -0.15) is 0 Å². The van der Waals surface area contributed by atoms with Crippen LogP contribution >= 0.6 is 0 Å². The Morgan fingerprint density at radius 2 is 1.75 bits per heavy atom. The maximum absolute atomic E-state index is 12.8. The van der Waals surface area contributed by atoms with E-state index in [0.717, 1.165) is 5.56 Å². The van der Waals surface area contributed by atoms with Crippen LogP contribution < -0.4 is 14.9 Å². The molecule has 0 aliphatic rings. The van der Waals surface area contributed by atoms with Crippen LogP contribution in [0.15, 0.2) is 39.5 Å². The zero-order valence-electron chi connectivity index (χ0n) is 13.3. The number of fused-ring (bicyclic) bond motifs is 2. The number of hydrogen-bond donors (Lipinski definition) is 0. The first kappa shape index (κ1) is 15.7. The molecule has 6 heteroatoms. The first-order valence-electron chi connectivity index (χ1n) is 7.24. The van der Waals surface area contributed by atoms with Crippen LogP contribution in [0.5, 0.6) is 11.5 Å². The molecule has 0 amide bonds. The Morgan fingerprint density at radius 1 is 1.04 bits per heavy atom. The lowest BCUT2D eigenvalue weighted by Gasteiger charge is -2.10. The van der Waals surface area contributed by atoms with Gasteiger partial charge in [-0.3, -0.25) is 14.4 Å². The summed E-state index contributed by atoms with van der Waals surface area (Å²) in [6, 6.07) is 7.96. The van der Waals surface area contributed by atoms with Gasteiger partial charge in [0.15, 0.2) is 0 Å². The second-order valence-electron chi connectivity index (χ2n) is 5.36. The molecule has 0 N–H and O–H groups in total. The maximum atomic E-state index is 12.8. The van der Waals surface area contributed by atoms with Crippen molar-refractivity contribution in [3.63, 3.8) is 0 Å². The average molecular weight is 326 g/mol. The zero-order chi connectivity index (χ0) is 17.4. The summed E-state index contributed by atoms with van der Waals surface area (Å²) in [6.07, 6.45) is 0. The zero-order valence-corrected chi connectivity index (χ0v) is 13.3. The number of carbonyl (C=O) groups is 2. The van der Waals surface area contributed by atoms with Crippen LogP contribution in [0, 0.1) is 6.92 Å². The number of hydrogen-bond acceptors (Lipinski definition) is 6. The van der Waals surface area contributed by atoms with Crippen molar-refractivity contribution < 1.29 is 23.5 Å². The summed E-state index contributed by atoms with van der Waals surface area (Å²) in [5.41, 5.74) is 1.08. The minimum absolute atomic E-state index is 0.00611. The summed E-state index contributed by atoms with van der Waals surface area (Å²) in [7, 11) is 0. The molecule has 0 atom stereocenters. The Kier molecular flexibility index (Phi) is 3.81. The average Bonchev–Trinajstić information content (AvgIpc) is 2.47.